The van der Waals surface area contributed by atoms with Crippen molar-refractivity contribution in [3.05, 3.63) is 24.9 Å². The standard InChI is InChI=1S/C11H17NS/c1-4-9-7-11(9)8(2)12-13(3)10-5-6-10/h4,9-12H,1-3,5-7H2. The molecule has 72 valence electrons. The summed E-state index contributed by atoms with van der Waals surface area (Å²) in [7, 11) is 0.128. The van der Waals surface area contributed by atoms with Gasteiger partial charge in [-0.05, 0) is 25.2 Å². The van der Waals surface area contributed by atoms with Gasteiger partial charge in [-0.1, -0.05) is 18.5 Å². The molecule has 0 heterocycles. The van der Waals surface area contributed by atoms with Crippen LogP contribution in [0.4, 0.5) is 0 Å². The average Bonchev–Trinajstić information content (AvgIpc) is 2.98. The molecule has 0 amide bonds. The molecule has 0 aromatic rings. The lowest BCUT2D eigenvalue weighted by Gasteiger charge is -2.11. The van der Waals surface area contributed by atoms with Gasteiger partial charge in [0.15, 0.2) is 0 Å². The number of rotatable bonds is 5. The Balaban J connectivity index is 1.78. The van der Waals surface area contributed by atoms with Crippen LogP contribution < -0.4 is 4.72 Å². The predicted octanol–water partition coefficient (Wildman–Crippen LogP) is 2.69. The summed E-state index contributed by atoms with van der Waals surface area (Å²) in [4.78, 5) is 0. The van der Waals surface area contributed by atoms with Crippen LogP contribution in [-0.4, -0.2) is 11.1 Å². The maximum Gasteiger partial charge on any atom is 0.0173 e. The third-order valence-corrected chi connectivity index (χ3v) is 4.58. The Kier molecular flexibility index (Phi) is 2.33. The van der Waals surface area contributed by atoms with Crippen LogP contribution in [0.1, 0.15) is 19.3 Å². The summed E-state index contributed by atoms with van der Waals surface area (Å²) in [6.45, 7) is 7.87. The highest BCUT2D eigenvalue weighted by Gasteiger charge is 2.37. The van der Waals surface area contributed by atoms with Crippen LogP contribution in [0, 0.1) is 11.8 Å². The van der Waals surface area contributed by atoms with Crippen LogP contribution in [0.3, 0.4) is 0 Å². The molecule has 0 aliphatic heterocycles. The topological polar surface area (TPSA) is 12.0 Å². The van der Waals surface area contributed by atoms with Crippen molar-refractivity contribution in [3.8, 4) is 0 Å². The summed E-state index contributed by atoms with van der Waals surface area (Å²) >= 11 is 0. The van der Waals surface area contributed by atoms with Crippen molar-refractivity contribution < 1.29 is 0 Å². The molecule has 3 atom stereocenters. The Labute approximate surface area is 83.0 Å². The fraction of sp³-hybridized carbons (Fsp3) is 0.545. The Morgan fingerprint density at radius 3 is 2.62 bits per heavy atom. The Hall–Kier alpha value is -0.500. The van der Waals surface area contributed by atoms with Gasteiger partial charge in [0, 0.05) is 16.9 Å². The summed E-state index contributed by atoms with van der Waals surface area (Å²) < 4.78 is 3.44. The SMILES string of the molecule is C=CC1CC1C(=C)NS(=C)C1CC1. The Bertz CT molecular complexity index is 265. The van der Waals surface area contributed by atoms with Gasteiger partial charge in [-0.3, -0.25) is 0 Å². The predicted molar refractivity (Wildman–Crippen MR) is 61.8 cm³/mol. The second kappa shape index (κ2) is 3.33. The Morgan fingerprint density at radius 2 is 2.15 bits per heavy atom. The summed E-state index contributed by atoms with van der Waals surface area (Å²) in [6.07, 6.45) is 5.97. The van der Waals surface area contributed by atoms with Crippen molar-refractivity contribution >= 4 is 16.5 Å². The smallest absolute Gasteiger partial charge is 0.0173 e. The molecule has 1 N–H and O–H groups in total. The molecule has 0 bridgehead atoms. The van der Waals surface area contributed by atoms with E-state index in [1.165, 1.54) is 25.0 Å². The van der Waals surface area contributed by atoms with Crippen LogP contribution in [0.15, 0.2) is 24.9 Å². The lowest BCUT2D eigenvalue weighted by atomic mass is 10.3. The largest absolute Gasteiger partial charge is 0.340 e. The number of allylic oxidation sites excluding steroid dienone is 2. The van der Waals surface area contributed by atoms with E-state index in [0.717, 1.165) is 5.25 Å². The Morgan fingerprint density at radius 1 is 1.46 bits per heavy atom. The monoisotopic (exact) mass is 195 g/mol. The summed E-state index contributed by atoms with van der Waals surface area (Å²) in [5, 5.41) is 0.831. The lowest BCUT2D eigenvalue weighted by Crippen LogP contribution is -2.08. The number of hydrogen-bond acceptors (Lipinski definition) is 1. The second-order valence-electron chi connectivity index (χ2n) is 4.00. The minimum absolute atomic E-state index is 0.128. The summed E-state index contributed by atoms with van der Waals surface area (Å²) in [6, 6.07) is 0. The normalized spacial score (nSPS) is 33.5. The highest BCUT2D eigenvalue weighted by Crippen LogP contribution is 2.45. The fourth-order valence-electron chi connectivity index (χ4n) is 1.56. The van der Waals surface area contributed by atoms with Gasteiger partial charge in [-0.2, -0.15) is 0 Å². The molecule has 3 unspecified atom stereocenters. The van der Waals surface area contributed by atoms with Gasteiger partial charge >= 0.3 is 0 Å². The summed E-state index contributed by atoms with van der Waals surface area (Å²) in [5.74, 6) is 5.45. The van der Waals surface area contributed by atoms with Crippen molar-refractivity contribution in [2.75, 3.05) is 0 Å². The third-order valence-electron chi connectivity index (χ3n) is 2.78. The molecule has 0 spiro atoms. The maximum absolute atomic E-state index is 4.13. The van der Waals surface area contributed by atoms with Crippen LogP contribution in [0.2, 0.25) is 0 Å². The second-order valence-corrected chi connectivity index (χ2v) is 5.73. The van der Waals surface area contributed by atoms with E-state index in [9.17, 15) is 0 Å². The third kappa shape index (κ3) is 2.05. The molecule has 2 heteroatoms. The van der Waals surface area contributed by atoms with E-state index >= 15 is 0 Å². The van der Waals surface area contributed by atoms with Gasteiger partial charge in [-0.25, -0.2) is 0 Å². The molecule has 0 radical (unpaired) electrons. The van der Waals surface area contributed by atoms with Crippen molar-refractivity contribution in [1.29, 1.82) is 0 Å². The van der Waals surface area contributed by atoms with Gasteiger partial charge < -0.3 is 4.72 Å². The zero-order chi connectivity index (χ0) is 9.42. The maximum atomic E-state index is 4.13. The molecule has 2 fully saturated rings. The van der Waals surface area contributed by atoms with Crippen LogP contribution >= 0.6 is 10.7 Å². The lowest BCUT2D eigenvalue weighted by molar-refractivity contribution is 0.885. The first-order valence-corrected chi connectivity index (χ1v) is 6.29. The molecule has 0 aromatic carbocycles. The van der Waals surface area contributed by atoms with E-state index in [4.69, 9.17) is 0 Å². The van der Waals surface area contributed by atoms with E-state index in [0.29, 0.717) is 11.8 Å². The van der Waals surface area contributed by atoms with Gasteiger partial charge in [0.2, 0.25) is 0 Å². The molecular weight excluding hydrogens is 178 g/mol. The molecule has 2 aliphatic rings. The molecule has 0 saturated heterocycles. The van der Waals surface area contributed by atoms with Crippen molar-refractivity contribution in [2.45, 2.75) is 24.5 Å². The van der Waals surface area contributed by atoms with Crippen LogP contribution in [0.5, 0.6) is 0 Å². The van der Waals surface area contributed by atoms with Crippen molar-refractivity contribution in [3.63, 3.8) is 0 Å². The highest BCUT2D eigenvalue weighted by molar-refractivity contribution is 8.13. The zero-order valence-electron chi connectivity index (χ0n) is 7.96. The molecule has 13 heavy (non-hydrogen) atoms. The molecule has 2 saturated carbocycles. The average molecular weight is 195 g/mol. The molecule has 0 aromatic heterocycles. The minimum atomic E-state index is 0.128. The van der Waals surface area contributed by atoms with Crippen molar-refractivity contribution in [2.24, 2.45) is 11.8 Å². The van der Waals surface area contributed by atoms with E-state index in [2.05, 4.69) is 23.8 Å². The molecule has 1 nitrogen and oxygen atoms in total. The fourth-order valence-corrected chi connectivity index (χ4v) is 2.92. The van der Waals surface area contributed by atoms with E-state index < -0.39 is 0 Å². The summed E-state index contributed by atoms with van der Waals surface area (Å²) in [5.41, 5.74) is 1.19. The van der Waals surface area contributed by atoms with E-state index in [1.54, 1.807) is 0 Å². The molecular formula is C11H17NS. The number of nitrogens with one attached hydrogen (secondary N) is 1. The first-order valence-electron chi connectivity index (χ1n) is 4.83. The molecule has 2 aliphatic carbocycles. The van der Waals surface area contributed by atoms with E-state index in [1.807, 2.05) is 6.08 Å². The van der Waals surface area contributed by atoms with Crippen LogP contribution in [-0.2, 0) is 0 Å². The highest BCUT2D eigenvalue weighted by atomic mass is 32.2. The first-order chi connectivity index (χ1) is 6.22. The van der Waals surface area contributed by atoms with E-state index in [-0.39, 0.29) is 10.7 Å². The molecule has 2 rings (SSSR count). The number of hydrogen-bond donors (Lipinski definition) is 1. The quantitative estimate of drug-likeness (QED) is 0.525. The van der Waals surface area contributed by atoms with Gasteiger partial charge in [0.1, 0.15) is 0 Å². The van der Waals surface area contributed by atoms with Gasteiger partial charge in [0.05, 0.1) is 0 Å². The van der Waals surface area contributed by atoms with Crippen LogP contribution in [0.25, 0.3) is 0 Å². The van der Waals surface area contributed by atoms with Gasteiger partial charge in [-0.15, -0.1) is 17.2 Å². The van der Waals surface area contributed by atoms with Gasteiger partial charge in [0.25, 0.3) is 0 Å². The first kappa shape index (κ1) is 9.07. The van der Waals surface area contributed by atoms with Crippen molar-refractivity contribution in [1.82, 2.24) is 4.72 Å². The minimum Gasteiger partial charge on any atom is -0.340 e. The zero-order valence-corrected chi connectivity index (χ0v) is 8.78.